The van der Waals surface area contributed by atoms with Crippen LogP contribution < -0.4 is 0 Å². The maximum Gasteiger partial charge on any atom is 0.417 e. The molecule has 1 nitrogen and oxygen atoms in total. The molecule has 4 heteroatoms. The van der Waals surface area contributed by atoms with Gasteiger partial charge in [-0.1, -0.05) is 26.0 Å². The van der Waals surface area contributed by atoms with Crippen LogP contribution in [0.15, 0.2) is 12.2 Å². The molecule has 136 valence electrons. The maximum atomic E-state index is 13.7. The van der Waals surface area contributed by atoms with Crippen molar-refractivity contribution in [1.82, 2.24) is 0 Å². The van der Waals surface area contributed by atoms with Gasteiger partial charge in [0, 0.05) is 5.41 Å². The summed E-state index contributed by atoms with van der Waals surface area (Å²) in [6, 6.07) is 0. The summed E-state index contributed by atoms with van der Waals surface area (Å²) < 4.78 is 41.0. The Kier molecular flexibility index (Phi) is 3.54. The van der Waals surface area contributed by atoms with Crippen molar-refractivity contribution in [1.29, 1.82) is 0 Å². The lowest BCUT2D eigenvalue weighted by atomic mass is 9.45. The van der Waals surface area contributed by atoms with Gasteiger partial charge in [-0.05, 0) is 80.5 Å². The van der Waals surface area contributed by atoms with Gasteiger partial charge in [0.15, 0.2) is 5.60 Å². The smallest absolute Gasteiger partial charge is 0.380 e. The highest BCUT2D eigenvalue weighted by Crippen LogP contribution is 2.69. The summed E-state index contributed by atoms with van der Waals surface area (Å²) >= 11 is 0. The van der Waals surface area contributed by atoms with Gasteiger partial charge in [-0.3, -0.25) is 0 Å². The Morgan fingerprint density at radius 1 is 0.958 bits per heavy atom. The summed E-state index contributed by atoms with van der Waals surface area (Å²) in [4.78, 5) is 0. The van der Waals surface area contributed by atoms with Crippen molar-refractivity contribution in [2.24, 2.45) is 34.5 Å². The van der Waals surface area contributed by atoms with Gasteiger partial charge in [0.1, 0.15) is 0 Å². The van der Waals surface area contributed by atoms with E-state index in [0.717, 1.165) is 32.1 Å². The largest absolute Gasteiger partial charge is 0.417 e. The molecular weight excluding hydrogens is 313 g/mol. The Morgan fingerprint density at radius 2 is 1.67 bits per heavy atom. The predicted molar refractivity (Wildman–Crippen MR) is 87.3 cm³/mol. The highest BCUT2D eigenvalue weighted by Gasteiger charge is 2.72. The fraction of sp³-hybridized carbons (Fsp3) is 0.900. The number of hydrogen-bond acceptors (Lipinski definition) is 1. The van der Waals surface area contributed by atoms with Crippen LogP contribution in [0.1, 0.15) is 65.2 Å². The molecule has 4 aliphatic rings. The average molecular weight is 342 g/mol. The molecule has 0 aliphatic heterocycles. The van der Waals surface area contributed by atoms with E-state index in [2.05, 4.69) is 19.1 Å². The molecule has 3 saturated carbocycles. The molecule has 0 radical (unpaired) electrons. The minimum atomic E-state index is -4.52. The molecule has 0 amide bonds. The Balaban J connectivity index is 1.68. The molecule has 7 atom stereocenters. The van der Waals surface area contributed by atoms with Gasteiger partial charge in [-0.25, -0.2) is 0 Å². The third kappa shape index (κ3) is 1.92. The molecule has 0 heterocycles. The standard InChI is InChI=1S/C20H29F3O/c1-17-10-4-3-5-13(17)6-7-14-15(17)8-11-18(2)16(14)9-12-19(18,24)20(21,22)23/h3-4,13-16,24H,5-12H2,1-2H3/t13?,14-,15-,16+,17+,18+,19?/m1/s1. The summed E-state index contributed by atoms with van der Waals surface area (Å²) in [7, 11) is 0. The maximum absolute atomic E-state index is 13.7. The van der Waals surface area contributed by atoms with Crippen LogP contribution >= 0.6 is 0 Å². The molecule has 0 aromatic carbocycles. The summed E-state index contributed by atoms with van der Waals surface area (Å²) in [5, 5.41) is 10.6. The average Bonchev–Trinajstić information content (AvgIpc) is 2.79. The van der Waals surface area contributed by atoms with Crippen LogP contribution in [0.2, 0.25) is 0 Å². The van der Waals surface area contributed by atoms with Gasteiger partial charge in [0.25, 0.3) is 0 Å². The molecule has 0 spiro atoms. The first-order valence-electron chi connectivity index (χ1n) is 9.57. The van der Waals surface area contributed by atoms with Crippen molar-refractivity contribution >= 4 is 0 Å². The molecule has 4 rings (SSSR count). The van der Waals surface area contributed by atoms with E-state index in [0.29, 0.717) is 30.6 Å². The van der Waals surface area contributed by atoms with Gasteiger partial charge in [0.05, 0.1) is 0 Å². The number of fused-ring (bicyclic) bond motifs is 5. The number of rotatable bonds is 0. The second kappa shape index (κ2) is 5.02. The van der Waals surface area contributed by atoms with Crippen LogP contribution in [-0.4, -0.2) is 16.9 Å². The van der Waals surface area contributed by atoms with Crippen molar-refractivity contribution in [3.05, 3.63) is 12.2 Å². The van der Waals surface area contributed by atoms with E-state index < -0.39 is 17.2 Å². The normalized spacial score (nSPS) is 54.1. The SMILES string of the molecule is C[C@]12CC=CCC1CC[C@@H]1[C@H]2CC[C@@]2(C)[C@H]1CCC2(O)C(F)(F)F. The van der Waals surface area contributed by atoms with Crippen molar-refractivity contribution in [3.63, 3.8) is 0 Å². The topological polar surface area (TPSA) is 20.2 Å². The molecular formula is C20H29F3O. The lowest BCUT2D eigenvalue weighted by Crippen LogP contribution is -2.60. The van der Waals surface area contributed by atoms with Gasteiger partial charge in [-0.2, -0.15) is 13.2 Å². The van der Waals surface area contributed by atoms with Crippen molar-refractivity contribution in [2.45, 2.75) is 77.0 Å². The highest BCUT2D eigenvalue weighted by molar-refractivity contribution is 5.17. The number of hydrogen-bond donors (Lipinski definition) is 1. The minimum Gasteiger partial charge on any atom is -0.380 e. The minimum absolute atomic E-state index is 0.0200. The van der Waals surface area contributed by atoms with Crippen LogP contribution in [0.3, 0.4) is 0 Å². The Bertz CT molecular complexity index is 556. The van der Waals surface area contributed by atoms with Crippen molar-refractivity contribution in [3.8, 4) is 0 Å². The third-order valence-electron chi connectivity index (χ3n) is 8.83. The second-order valence-corrected chi connectivity index (χ2v) is 9.42. The molecule has 24 heavy (non-hydrogen) atoms. The monoisotopic (exact) mass is 342 g/mol. The first kappa shape index (κ1) is 16.9. The van der Waals surface area contributed by atoms with E-state index in [1.54, 1.807) is 6.92 Å². The fourth-order valence-corrected chi connectivity index (χ4v) is 7.32. The first-order valence-corrected chi connectivity index (χ1v) is 9.57. The summed E-state index contributed by atoms with van der Waals surface area (Å²) in [5.41, 5.74) is -3.24. The lowest BCUT2D eigenvalue weighted by molar-refractivity contribution is -0.304. The summed E-state index contributed by atoms with van der Waals surface area (Å²) in [6.45, 7) is 4.11. The third-order valence-corrected chi connectivity index (χ3v) is 8.83. The van der Waals surface area contributed by atoms with Gasteiger partial charge in [-0.15, -0.1) is 0 Å². The fourth-order valence-electron chi connectivity index (χ4n) is 7.32. The molecule has 0 aromatic rings. The molecule has 0 saturated heterocycles. The molecule has 0 bridgehead atoms. The van der Waals surface area contributed by atoms with E-state index in [-0.39, 0.29) is 17.8 Å². The van der Waals surface area contributed by atoms with Crippen LogP contribution in [0.5, 0.6) is 0 Å². The molecule has 1 N–H and O–H groups in total. The predicted octanol–water partition coefficient (Wildman–Crippen LogP) is 5.49. The molecule has 4 aliphatic carbocycles. The molecule has 2 unspecified atom stereocenters. The Morgan fingerprint density at radius 3 is 2.38 bits per heavy atom. The number of aliphatic hydroxyl groups is 1. The van der Waals surface area contributed by atoms with Crippen LogP contribution in [0.25, 0.3) is 0 Å². The second-order valence-electron chi connectivity index (χ2n) is 9.42. The first-order chi connectivity index (χ1) is 11.1. The van der Waals surface area contributed by atoms with Gasteiger partial charge >= 0.3 is 6.18 Å². The Hall–Kier alpha value is -0.510. The zero-order valence-electron chi connectivity index (χ0n) is 14.7. The lowest BCUT2D eigenvalue weighted by Gasteiger charge is -2.60. The van der Waals surface area contributed by atoms with E-state index in [9.17, 15) is 18.3 Å². The molecule has 0 aromatic heterocycles. The highest BCUT2D eigenvalue weighted by atomic mass is 19.4. The van der Waals surface area contributed by atoms with E-state index in [1.807, 2.05) is 0 Å². The van der Waals surface area contributed by atoms with Gasteiger partial charge in [0.2, 0.25) is 0 Å². The summed E-state index contributed by atoms with van der Waals surface area (Å²) in [6.07, 6.45) is 6.23. The number of alkyl halides is 3. The van der Waals surface area contributed by atoms with E-state index in [1.165, 1.54) is 0 Å². The van der Waals surface area contributed by atoms with Crippen molar-refractivity contribution < 1.29 is 18.3 Å². The van der Waals surface area contributed by atoms with Crippen LogP contribution in [-0.2, 0) is 0 Å². The number of halogens is 3. The Labute approximate surface area is 142 Å². The van der Waals surface area contributed by atoms with Crippen LogP contribution in [0, 0.1) is 34.5 Å². The van der Waals surface area contributed by atoms with E-state index >= 15 is 0 Å². The van der Waals surface area contributed by atoms with Crippen LogP contribution in [0.4, 0.5) is 13.2 Å². The molecule has 3 fully saturated rings. The van der Waals surface area contributed by atoms with E-state index in [4.69, 9.17) is 0 Å². The van der Waals surface area contributed by atoms with Crippen molar-refractivity contribution in [2.75, 3.05) is 0 Å². The summed E-state index contributed by atoms with van der Waals surface area (Å²) in [5.74, 6) is 1.59. The number of allylic oxidation sites excluding steroid dienone is 2. The van der Waals surface area contributed by atoms with Gasteiger partial charge < -0.3 is 5.11 Å². The quantitative estimate of drug-likeness (QED) is 0.577. The zero-order valence-corrected chi connectivity index (χ0v) is 14.7. The zero-order chi connectivity index (χ0) is 17.4.